The van der Waals surface area contributed by atoms with Gasteiger partial charge in [-0.25, -0.2) is 0 Å². The number of hydrogen-bond acceptors (Lipinski definition) is 3. The minimum atomic E-state index is 0.111. The Morgan fingerprint density at radius 3 is 2.75 bits per heavy atom. The van der Waals surface area contributed by atoms with Gasteiger partial charge < -0.3 is 5.11 Å². The summed E-state index contributed by atoms with van der Waals surface area (Å²) in [6.45, 7) is 0.639. The van der Waals surface area contributed by atoms with Crippen molar-refractivity contribution in [3.8, 4) is 0 Å². The molecule has 0 aromatic carbocycles. The van der Waals surface area contributed by atoms with Crippen LogP contribution < -0.4 is 0 Å². The van der Waals surface area contributed by atoms with Crippen LogP contribution in [0, 0.1) is 4.91 Å². The molecule has 4 nitrogen and oxygen atoms in total. The summed E-state index contributed by atoms with van der Waals surface area (Å²) in [5.41, 5.74) is 0. The van der Waals surface area contributed by atoms with Crippen LogP contribution in [-0.2, 0) is 0 Å². The summed E-state index contributed by atoms with van der Waals surface area (Å²) in [6, 6.07) is 0. The van der Waals surface area contributed by atoms with Gasteiger partial charge in [0.25, 0.3) is 0 Å². The summed E-state index contributed by atoms with van der Waals surface area (Å²) in [6.07, 6.45) is 0.599. The lowest BCUT2D eigenvalue weighted by molar-refractivity contribution is 0.250. The van der Waals surface area contributed by atoms with E-state index in [1.165, 1.54) is 5.01 Å². The van der Waals surface area contributed by atoms with Crippen LogP contribution in [0.4, 0.5) is 0 Å². The highest BCUT2D eigenvalue weighted by Gasteiger charge is 1.89. The Balaban J connectivity index is 2.98. The second-order valence-electron chi connectivity index (χ2n) is 1.54. The van der Waals surface area contributed by atoms with Crippen LogP contribution in [0.5, 0.6) is 0 Å². The van der Waals surface area contributed by atoms with E-state index >= 15 is 0 Å². The molecule has 0 rings (SSSR count). The first-order valence-electron chi connectivity index (χ1n) is 2.46. The van der Waals surface area contributed by atoms with Crippen LogP contribution in [-0.4, -0.2) is 30.3 Å². The van der Waals surface area contributed by atoms with E-state index in [-0.39, 0.29) is 6.61 Å². The van der Waals surface area contributed by atoms with E-state index < -0.39 is 0 Å². The Labute approximate surface area is 48.1 Å². The molecule has 0 aliphatic rings. The van der Waals surface area contributed by atoms with Gasteiger partial charge in [-0.1, -0.05) is 0 Å². The van der Waals surface area contributed by atoms with Crippen LogP contribution in [0.3, 0.4) is 0 Å². The molecule has 0 aliphatic carbocycles. The minimum absolute atomic E-state index is 0.111. The lowest BCUT2D eigenvalue weighted by Gasteiger charge is -2.04. The Hall–Kier alpha value is -0.640. The zero-order valence-electron chi connectivity index (χ0n) is 4.87. The van der Waals surface area contributed by atoms with Crippen molar-refractivity contribution in [3.05, 3.63) is 4.91 Å². The first kappa shape index (κ1) is 7.36. The summed E-state index contributed by atoms with van der Waals surface area (Å²) < 4.78 is 0. The monoisotopic (exact) mass is 118 g/mol. The van der Waals surface area contributed by atoms with E-state index in [9.17, 15) is 4.91 Å². The van der Waals surface area contributed by atoms with Gasteiger partial charge in [-0.15, -0.1) is 4.91 Å². The number of nitrogens with zero attached hydrogens (tertiary/aromatic N) is 2. The average molecular weight is 118 g/mol. The quantitative estimate of drug-likeness (QED) is 0.417. The maximum absolute atomic E-state index is 9.60. The van der Waals surface area contributed by atoms with E-state index in [2.05, 4.69) is 5.29 Å². The van der Waals surface area contributed by atoms with Crippen LogP contribution in [0.1, 0.15) is 6.42 Å². The Kier molecular flexibility index (Phi) is 4.16. The maximum Gasteiger partial charge on any atom is 0.0521 e. The SMILES string of the molecule is CN(CCCO)N=O. The summed E-state index contributed by atoms with van der Waals surface area (Å²) in [5, 5.41) is 12.1. The molecule has 0 radical (unpaired) electrons. The van der Waals surface area contributed by atoms with Crippen LogP contribution in [0.25, 0.3) is 0 Å². The number of rotatable bonds is 4. The molecule has 0 saturated heterocycles. The fourth-order valence-corrected chi connectivity index (χ4v) is 0.340. The summed E-state index contributed by atoms with van der Waals surface area (Å²) in [7, 11) is 1.57. The summed E-state index contributed by atoms with van der Waals surface area (Å²) >= 11 is 0. The van der Waals surface area contributed by atoms with Crippen molar-refractivity contribution in [3.63, 3.8) is 0 Å². The van der Waals surface area contributed by atoms with Crippen molar-refractivity contribution in [2.45, 2.75) is 6.42 Å². The van der Waals surface area contributed by atoms with Gasteiger partial charge in [-0.2, -0.15) is 0 Å². The van der Waals surface area contributed by atoms with E-state index in [0.717, 1.165) is 0 Å². The predicted octanol–water partition coefficient (Wildman–Crippen LogP) is -0.0180. The highest BCUT2D eigenvalue weighted by Crippen LogP contribution is 1.83. The highest BCUT2D eigenvalue weighted by atomic mass is 16.3. The first-order chi connectivity index (χ1) is 3.81. The molecule has 8 heavy (non-hydrogen) atoms. The number of hydrogen-bond donors (Lipinski definition) is 1. The molecule has 0 aromatic rings. The minimum Gasteiger partial charge on any atom is -0.396 e. The molecule has 0 unspecified atom stereocenters. The lowest BCUT2D eigenvalue weighted by Crippen LogP contribution is -2.12. The molecular formula is C4H10N2O2. The van der Waals surface area contributed by atoms with Crippen LogP contribution in [0.2, 0.25) is 0 Å². The Morgan fingerprint density at radius 2 is 2.38 bits per heavy atom. The van der Waals surface area contributed by atoms with Crippen molar-refractivity contribution >= 4 is 0 Å². The molecule has 0 amide bonds. The van der Waals surface area contributed by atoms with Gasteiger partial charge in [0.05, 0.1) is 5.29 Å². The molecule has 0 aliphatic heterocycles. The van der Waals surface area contributed by atoms with Gasteiger partial charge >= 0.3 is 0 Å². The standard InChI is InChI=1S/C4H10N2O2/c1-6(5-8)3-2-4-7/h7H,2-4H2,1H3. The average Bonchev–Trinajstić information content (AvgIpc) is 1.83. The van der Waals surface area contributed by atoms with Gasteiger partial charge in [0.15, 0.2) is 0 Å². The smallest absolute Gasteiger partial charge is 0.0521 e. The zero-order valence-corrected chi connectivity index (χ0v) is 4.87. The van der Waals surface area contributed by atoms with Gasteiger partial charge in [0.1, 0.15) is 0 Å². The normalized spacial score (nSPS) is 8.75. The maximum atomic E-state index is 9.60. The van der Waals surface area contributed by atoms with Gasteiger partial charge in [0, 0.05) is 20.2 Å². The molecule has 0 spiro atoms. The Bertz CT molecular complexity index is 67.1. The topological polar surface area (TPSA) is 52.9 Å². The fraction of sp³-hybridized carbons (Fsp3) is 1.00. The molecule has 0 atom stereocenters. The Morgan fingerprint density at radius 1 is 1.75 bits per heavy atom. The van der Waals surface area contributed by atoms with Crippen molar-refractivity contribution in [1.29, 1.82) is 0 Å². The molecule has 0 aromatic heterocycles. The van der Waals surface area contributed by atoms with Crippen molar-refractivity contribution in [1.82, 2.24) is 5.01 Å². The van der Waals surface area contributed by atoms with E-state index in [1.807, 2.05) is 0 Å². The second kappa shape index (κ2) is 4.52. The molecule has 0 fully saturated rings. The van der Waals surface area contributed by atoms with Crippen molar-refractivity contribution in [2.75, 3.05) is 20.2 Å². The molecule has 1 N–H and O–H groups in total. The highest BCUT2D eigenvalue weighted by molar-refractivity contribution is 4.40. The molecule has 0 heterocycles. The third kappa shape index (κ3) is 3.55. The summed E-state index contributed by atoms with van der Waals surface area (Å²) in [5.74, 6) is 0. The third-order valence-corrected chi connectivity index (χ3v) is 0.779. The molecule has 0 bridgehead atoms. The number of aliphatic hydroxyl groups excluding tert-OH is 1. The fourth-order valence-electron chi connectivity index (χ4n) is 0.340. The van der Waals surface area contributed by atoms with Gasteiger partial charge in [-0.3, -0.25) is 5.01 Å². The van der Waals surface area contributed by atoms with Crippen LogP contribution in [0.15, 0.2) is 5.29 Å². The summed E-state index contributed by atoms with van der Waals surface area (Å²) in [4.78, 5) is 9.60. The number of nitroso groups, excluding NO2 is 1. The lowest BCUT2D eigenvalue weighted by atomic mass is 10.4. The largest absolute Gasteiger partial charge is 0.396 e. The molecule has 0 saturated carbocycles. The molecule has 48 valence electrons. The molecule has 4 heteroatoms. The zero-order chi connectivity index (χ0) is 6.41. The van der Waals surface area contributed by atoms with E-state index in [1.54, 1.807) is 7.05 Å². The van der Waals surface area contributed by atoms with E-state index in [0.29, 0.717) is 13.0 Å². The predicted molar refractivity (Wildman–Crippen MR) is 30.1 cm³/mol. The number of aliphatic hydroxyl groups is 1. The van der Waals surface area contributed by atoms with Gasteiger partial charge in [-0.05, 0) is 6.42 Å². The van der Waals surface area contributed by atoms with Crippen molar-refractivity contribution in [2.24, 2.45) is 5.29 Å². The first-order valence-corrected chi connectivity index (χ1v) is 2.46. The molecular weight excluding hydrogens is 108 g/mol. The second-order valence-corrected chi connectivity index (χ2v) is 1.54. The van der Waals surface area contributed by atoms with Crippen molar-refractivity contribution < 1.29 is 5.11 Å². The van der Waals surface area contributed by atoms with E-state index in [4.69, 9.17) is 5.11 Å². The third-order valence-electron chi connectivity index (χ3n) is 0.779. The van der Waals surface area contributed by atoms with Gasteiger partial charge in [0.2, 0.25) is 0 Å². The van der Waals surface area contributed by atoms with Crippen LogP contribution >= 0.6 is 0 Å².